The molecule has 0 rings (SSSR count). The number of hydrogen-bond donors (Lipinski definition) is 2. The van der Waals surface area contributed by atoms with Crippen LogP contribution in [0, 0.1) is 5.41 Å². The lowest BCUT2D eigenvalue weighted by molar-refractivity contribution is -0.201. The Kier molecular flexibility index (Phi) is 3.11. The largest absolute Gasteiger partial charge is 0.360 e. The van der Waals surface area contributed by atoms with E-state index in [1.54, 1.807) is 0 Å². The Labute approximate surface area is 52.8 Å². The van der Waals surface area contributed by atoms with Crippen LogP contribution in [-0.4, -0.2) is 24.3 Å². The number of hydrogen-bond acceptors (Lipinski definition) is 4. The van der Waals surface area contributed by atoms with E-state index in [1.807, 2.05) is 0 Å². The van der Waals surface area contributed by atoms with E-state index >= 15 is 0 Å². The quantitative estimate of drug-likeness (QED) is 0.243. The molecule has 0 radical (unpaired) electrons. The van der Waals surface area contributed by atoms with Crippen molar-refractivity contribution in [1.29, 1.82) is 5.41 Å². The van der Waals surface area contributed by atoms with Crippen LogP contribution < -0.4 is 5.73 Å². The highest BCUT2D eigenvalue weighted by Crippen LogP contribution is 1.88. The molecule has 0 saturated carbocycles. The number of halogens is 1. The first-order chi connectivity index (χ1) is 4.04. The van der Waals surface area contributed by atoms with Gasteiger partial charge in [-0.2, -0.15) is 0 Å². The molecule has 3 N–H and O–H groups in total. The monoisotopic (exact) mass is 135 g/mol. The first-order valence-electron chi connectivity index (χ1n) is 2.45. The Morgan fingerprint density at radius 2 is 2.33 bits per heavy atom. The Morgan fingerprint density at radius 3 is 2.44 bits per heavy atom. The van der Waals surface area contributed by atoms with Crippen LogP contribution in [-0.2, 0) is 4.84 Å². The predicted octanol–water partition coefficient (Wildman–Crippen LogP) is 0.0588. The van der Waals surface area contributed by atoms with Gasteiger partial charge in [-0.05, 0) is 6.92 Å². The van der Waals surface area contributed by atoms with Crippen LogP contribution in [0.3, 0.4) is 0 Å². The fourth-order valence-electron chi connectivity index (χ4n) is 0.219. The van der Waals surface area contributed by atoms with Gasteiger partial charge in [-0.1, -0.05) is 4.48 Å². The molecule has 9 heavy (non-hydrogen) atoms. The lowest BCUT2D eigenvalue weighted by Gasteiger charge is -2.09. The third-order valence-electron chi connectivity index (χ3n) is 0.638. The Bertz CT molecular complexity index is 104. The van der Waals surface area contributed by atoms with Crippen molar-refractivity contribution in [3.8, 4) is 0 Å². The molecular weight excluding hydrogens is 125 g/mol. The first-order valence-corrected chi connectivity index (χ1v) is 2.45. The molecule has 0 amide bonds. The van der Waals surface area contributed by atoms with Gasteiger partial charge in [0.15, 0.2) is 0 Å². The topological polar surface area (TPSA) is 62.3 Å². The summed E-state index contributed by atoms with van der Waals surface area (Å²) in [4.78, 5) is 4.14. The van der Waals surface area contributed by atoms with Crippen LogP contribution in [0.4, 0.5) is 4.48 Å². The molecule has 0 heterocycles. The molecule has 0 aromatic heterocycles. The van der Waals surface area contributed by atoms with E-state index in [0.717, 1.165) is 7.05 Å². The van der Waals surface area contributed by atoms with Gasteiger partial charge in [0, 0.05) is 5.29 Å². The molecule has 1 atom stereocenters. The van der Waals surface area contributed by atoms with Gasteiger partial charge in [-0.25, -0.2) is 0 Å². The van der Waals surface area contributed by atoms with Crippen molar-refractivity contribution in [2.75, 3.05) is 7.05 Å². The maximum absolute atomic E-state index is 11.7. The second kappa shape index (κ2) is 3.37. The Balaban J connectivity index is 3.51. The normalized spacial score (nSPS) is 13.4. The number of nitrogens with one attached hydrogen (secondary N) is 1. The molecule has 0 aromatic rings. The van der Waals surface area contributed by atoms with Gasteiger partial charge in [0.1, 0.15) is 0 Å². The van der Waals surface area contributed by atoms with Crippen LogP contribution >= 0.6 is 0 Å². The van der Waals surface area contributed by atoms with Gasteiger partial charge >= 0.3 is 0 Å². The van der Waals surface area contributed by atoms with Gasteiger partial charge in [-0.3, -0.25) is 5.41 Å². The minimum atomic E-state index is -0.566. The van der Waals surface area contributed by atoms with Crippen LogP contribution in [0.1, 0.15) is 6.92 Å². The Morgan fingerprint density at radius 1 is 1.89 bits per heavy atom. The molecule has 0 fully saturated rings. The van der Waals surface area contributed by atoms with Gasteiger partial charge in [-0.15, -0.1) is 0 Å². The van der Waals surface area contributed by atoms with E-state index in [-0.39, 0.29) is 11.2 Å². The molecule has 0 spiro atoms. The lowest BCUT2D eigenvalue weighted by atomic mass is 10.4. The molecule has 54 valence electrons. The number of hydroxylamine groups is 1. The number of nitrogens with zero attached hydrogens (tertiary/aromatic N) is 1. The fourth-order valence-corrected chi connectivity index (χ4v) is 0.219. The van der Waals surface area contributed by atoms with Gasteiger partial charge in [0.2, 0.25) is 5.90 Å². The van der Waals surface area contributed by atoms with Crippen LogP contribution in [0.25, 0.3) is 0 Å². The maximum atomic E-state index is 11.7. The summed E-state index contributed by atoms with van der Waals surface area (Å²) in [6.45, 7) is 1.53. The van der Waals surface area contributed by atoms with Gasteiger partial charge in [0.05, 0.1) is 13.1 Å². The molecule has 0 aliphatic carbocycles. The summed E-state index contributed by atoms with van der Waals surface area (Å²) < 4.78 is 11.7. The second-order valence-electron chi connectivity index (χ2n) is 1.66. The zero-order chi connectivity index (χ0) is 7.44. The molecule has 0 unspecified atom stereocenters. The van der Waals surface area contributed by atoms with Crippen LogP contribution in [0.5, 0.6) is 0 Å². The standard InChI is InChI=1S/C4H10FN3O/c1-3(6)4(7)9-8(2)5/h3,7H,6H2,1-2H3/t3-/m0/s1. The summed E-state index contributed by atoms with van der Waals surface area (Å²) in [6.07, 6.45) is 0. The summed E-state index contributed by atoms with van der Waals surface area (Å²) in [6, 6.07) is -0.566. The molecule has 0 aliphatic rings. The summed E-state index contributed by atoms with van der Waals surface area (Å²) in [5, 5.41) is 6.78. The van der Waals surface area contributed by atoms with E-state index in [9.17, 15) is 4.48 Å². The van der Waals surface area contributed by atoms with E-state index in [4.69, 9.17) is 11.1 Å². The van der Waals surface area contributed by atoms with Crippen molar-refractivity contribution in [1.82, 2.24) is 5.29 Å². The highest BCUT2D eigenvalue weighted by molar-refractivity contribution is 5.77. The zero-order valence-electron chi connectivity index (χ0n) is 5.39. The highest BCUT2D eigenvalue weighted by atomic mass is 19.2. The van der Waals surface area contributed by atoms with E-state index in [0.29, 0.717) is 0 Å². The van der Waals surface area contributed by atoms with Gasteiger partial charge < -0.3 is 10.6 Å². The molecule has 0 bridgehead atoms. The summed E-state index contributed by atoms with van der Waals surface area (Å²) in [7, 11) is 1.04. The van der Waals surface area contributed by atoms with Crippen molar-refractivity contribution in [2.24, 2.45) is 5.73 Å². The average Bonchev–Trinajstić information content (AvgIpc) is 1.63. The molecule has 0 saturated heterocycles. The molecule has 5 heteroatoms. The number of rotatable bonds is 2. The minimum Gasteiger partial charge on any atom is -0.360 e. The summed E-state index contributed by atoms with van der Waals surface area (Å²) in [5.74, 6) is -0.292. The minimum absolute atomic E-state index is 0.0638. The fraction of sp³-hybridized carbons (Fsp3) is 0.750. The summed E-state index contributed by atoms with van der Waals surface area (Å²) >= 11 is 0. The van der Waals surface area contributed by atoms with Crippen molar-refractivity contribution >= 4 is 5.90 Å². The number of nitrogens with two attached hydrogens (primary N) is 1. The van der Waals surface area contributed by atoms with E-state index < -0.39 is 6.04 Å². The van der Waals surface area contributed by atoms with Gasteiger partial charge in [0.25, 0.3) is 0 Å². The molecule has 0 aliphatic heterocycles. The molecule has 4 nitrogen and oxygen atoms in total. The van der Waals surface area contributed by atoms with Crippen molar-refractivity contribution < 1.29 is 9.32 Å². The SMILES string of the molecule is C[C@H](N)C(=N)ON(C)F. The molecular formula is C4H10FN3O. The van der Waals surface area contributed by atoms with E-state index in [2.05, 4.69) is 4.84 Å². The first kappa shape index (κ1) is 8.32. The van der Waals surface area contributed by atoms with Crippen LogP contribution in [0.15, 0.2) is 0 Å². The average molecular weight is 135 g/mol. The highest BCUT2D eigenvalue weighted by Gasteiger charge is 2.06. The molecule has 0 aromatic carbocycles. The van der Waals surface area contributed by atoms with E-state index in [1.165, 1.54) is 6.92 Å². The lowest BCUT2D eigenvalue weighted by Crippen LogP contribution is -2.31. The van der Waals surface area contributed by atoms with Crippen molar-refractivity contribution in [2.45, 2.75) is 13.0 Å². The Hall–Kier alpha value is -0.680. The maximum Gasteiger partial charge on any atom is 0.226 e. The zero-order valence-corrected chi connectivity index (χ0v) is 5.39. The predicted molar refractivity (Wildman–Crippen MR) is 31.3 cm³/mol. The third-order valence-corrected chi connectivity index (χ3v) is 0.638. The smallest absolute Gasteiger partial charge is 0.226 e. The van der Waals surface area contributed by atoms with Crippen LogP contribution in [0.2, 0.25) is 0 Å². The third kappa shape index (κ3) is 3.87. The van der Waals surface area contributed by atoms with Crippen molar-refractivity contribution in [3.05, 3.63) is 0 Å². The second-order valence-corrected chi connectivity index (χ2v) is 1.66. The van der Waals surface area contributed by atoms with Crippen molar-refractivity contribution in [3.63, 3.8) is 0 Å². The summed E-state index contributed by atoms with van der Waals surface area (Å²) in [5.41, 5.74) is 5.14.